The molecule has 0 aliphatic heterocycles. The van der Waals surface area contributed by atoms with Crippen molar-refractivity contribution < 1.29 is 32.9 Å². The van der Waals surface area contributed by atoms with Crippen LogP contribution >= 0.6 is 0 Å². The number of hydrogen-bond acceptors (Lipinski definition) is 4. The van der Waals surface area contributed by atoms with Gasteiger partial charge in [0.25, 0.3) is 0 Å². The van der Waals surface area contributed by atoms with Crippen molar-refractivity contribution in [2.24, 2.45) is 11.8 Å². The van der Waals surface area contributed by atoms with Crippen LogP contribution in [0.2, 0.25) is 0 Å². The minimum atomic E-state index is -0.755. The van der Waals surface area contributed by atoms with Gasteiger partial charge < -0.3 is 19.7 Å². The SMILES string of the molecule is CC1CCC(c2ccc(COc3ccc(O)c(F)c3)c(F)c2)CC1.CC1CCC(c2ccc(COc3ccc(O)cc3)c(F)c2)CC1. The average Bonchev–Trinajstić information content (AvgIpc) is 3.07. The standard InChI is InChI=1S/C20H22F2O2.C20H23FO2/c1-13-2-4-14(5-3-13)15-6-7-16(18(21)10-15)12-24-17-8-9-20(23)19(22)11-17;1-14-2-4-15(5-3-14)16-6-7-17(20(21)12-16)13-23-19-10-8-18(22)9-11-19/h6-11,13-14,23H,2-5,12H2,1H3;6-12,14-15,22H,2-5,13H2,1H3. The molecule has 4 nitrogen and oxygen atoms in total. The van der Waals surface area contributed by atoms with Crippen molar-refractivity contribution in [2.75, 3.05) is 0 Å². The Labute approximate surface area is 276 Å². The first-order valence-corrected chi connectivity index (χ1v) is 16.7. The van der Waals surface area contributed by atoms with Crippen molar-refractivity contribution in [2.45, 2.75) is 90.3 Å². The van der Waals surface area contributed by atoms with E-state index in [0.29, 0.717) is 28.7 Å². The molecule has 6 rings (SSSR count). The molecular formula is C40H45F3O4. The van der Waals surface area contributed by atoms with Crippen molar-refractivity contribution in [3.8, 4) is 23.0 Å². The highest BCUT2D eigenvalue weighted by molar-refractivity contribution is 5.34. The molecule has 250 valence electrons. The lowest BCUT2D eigenvalue weighted by Crippen LogP contribution is -2.11. The van der Waals surface area contributed by atoms with Crippen molar-refractivity contribution in [1.82, 2.24) is 0 Å². The lowest BCUT2D eigenvalue weighted by molar-refractivity contribution is 0.296. The predicted molar refractivity (Wildman–Crippen MR) is 178 cm³/mol. The van der Waals surface area contributed by atoms with Crippen LogP contribution in [0.1, 0.15) is 99.3 Å². The molecule has 0 amide bonds. The summed E-state index contributed by atoms with van der Waals surface area (Å²) >= 11 is 0. The molecule has 2 N–H and O–H groups in total. The molecule has 2 aliphatic rings. The number of aromatic hydroxyl groups is 2. The lowest BCUT2D eigenvalue weighted by Gasteiger charge is -2.26. The third kappa shape index (κ3) is 9.69. The van der Waals surface area contributed by atoms with Crippen LogP contribution in [0.3, 0.4) is 0 Å². The number of hydrogen-bond donors (Lipinski definition) is 2. The maximum absolute atomic E-state index is 14.3. The van der Waals surface area contributed by atoms with E-state index in [1.807, 2.05) is 18.2 Å². The van der Waals surface area contributed by atoms with Gasteiger partial charge >= 0.3 is 0 Å². The second-order valence-corrected chi connectivity index (χ2v) is 13.3. The molecule has 0 heterocycles. The number of phenols is 2. The van der Waals surface area contributed by atoms with Gasteiger partial charge in [-0.25, -0.2) is 13.2 Å². The number of rotatable bonds is 8. The third-order valence-electron chi connectivity index (χ3n) is 9.67. The van der Waals surface area contributed by atoms with Crippen LogP contribution in [0.5, 0.6) is 23.0 Å². The average molecular weight is 647 g/mol. The minimum absolute atomic E-state index is 0.0258. The Balaban J connectivity index is 0.000000185. The van der Waals surface area contributed by atoms with Gasteiger partial charge in [-0.05, 0) is 109 Å². The van der Waals surface area contributed by atoms with Crippen LogP contribution in [0, 0.1) is 29.3 Å². The summed E-state index contributed by atoms with van der Waals surface area (Å²) in [5.74, 6) is 1.90. The zero-order valence-electron chi connectivity index (χ0n) is 27.2. The molecule has 7 heteroatoms. The van der Waals surface area contributed by atoms with Gasteiger partial charge in [0.1, 0.15) is 42.1 Å². The van der Waals surface area contributed by atoms with E-state index < -0.39 is 11.6 Å². The zero-order chi connectivity index (χ0) is 33.3. The van der Waals surface area contributed by atoms with Crippen LogP contribution in [0.15, 0.2) is 78.9 Å². The van der Waals surface area contributed by atoms with Gasteiger partial charge in [0.15, 0.2) is 11.6 Å². The van der Waals surface area contributed by atoms with E-state index >= 15 is 0 Å². The number of ether oxygens (including phenoxy) is 2. The first-order valence-electron chi connectivity index (χ1n) is 16.7. The topological polar surface area (TPSA) is 58.9 Å². The Hall–Kier alpha value is -4.13. The fourth-order valence-electron chi connectivity index (χ4n) is 6.50. The fourth-order valence-corrected chi connectivity index (χ4v) is 6.50. The Morgan fingerprint density at radius 1 is 0.532 bits per heavy atom. The molecular weight excluding hydrogens is 601 g/mol. The lowest BCUT2D eigenvalue weighted by atomic mass is 9.79. The summed E-state index contributed by atoms with van der Waals surface area (Å²) in [4.78, 5) is 0. The summed E-state index contributed by atoms with van der Waals surface area (Å²) in [6.07, 6.45) is 9.41. The maximum Gasteiger partial charge on any atom is 0.168 e. The van der Waals surface area contributed by atoms with Crippen molar-refractivity contribution >= 4 is 0 Å². The van der Waals surface area contributed by atoms with Gasteiger partial charge in [-0.15, -0.1) is 0 Å². The number of benzene rings is 4. The van der Waals surface area contributed by atoms with E-state index in [0.717, 1.165) is 54.7 Å². The Kier molecular flexibility index (Phi) is 11.7. The predicted octanol–water partition coefficient (Wildman–Crippen LogP) is 10.9. The van der Waals surface area contributed by atoms with E-state index in [1.165, 1.54) is 37.8 Å². The smallest absolute Gasteiger partial charge is 0.168 e. The van der Waals surface area contributed by atoms with E-state index in [9.17, 15) is 18.3 Å². The molecule has 0 radical (unpaired) electrons. The fraction of sp³-hybridized carbons (Fsp3) is 0.400. The molecule has 2 aliphatic carbocycles. The Bertz CT molecular complexity index is 1590. The van der Waals surface area contributed by atoms with Crippen LogP contribution < -0.4 is 9.47 Å². The third-order valence-corrected chi connectivity index (χ3v) is 9.67. The summed E-state index contributed by atoms with van der Waals surface area (Å²) in [7, 11) is 0. The minimum Gasteiger partial charge on any atom is -0.508 e. The highest BCUT2D eigenvalue weighted by atomic mass is 19.1. The van der Waals surface area contributed by atoms with E-state index in [4.69, 9.17) is 14.6 Å². The monoisotopic (exact) mass is 646 g/mol. The molecule has 4 aromatic carbocycles. The molecule has 0 saturated heterocycles. The summed E-state index contributed by atoms with van der Waals surface area (Å²) in [6, 6.07) is 21.1. The van der Waals surface area contributed by atoms with Gasteiger partial charge in [-0.1, -0.05) is 63.8 Å². The van der Waals surface area contributed by atoms with Crippen molar-refractivity contribution in [1.29, 1.82) is 0 Å². The highest BCUT2D eigenvalue weighted by Gasteiger charge is 2.22. The number of phenolic OH excluding ortho intramolecular Hbond substituents is 2. The quantitative estimate of drug-likeness (QED) is 0.200. The molecule has 0 bridgehead atoms. The van der Waals surface area contributed by atoms with E-state index in [-0.39, 0.29) is 36.3 Å². The highest BCUT2D eigenvalue weighted by Crippen LogP contribution is 2.37. The van der Waals surface area contributed by atoms with Crippen molar-refractivity contribution in [3.05, 3.63) is 119 Å². The van der Waals surface area contributed by atoms with Crippen LogP contribution in [-0.2, 0) is 13.2 Å². The van der Waals surface area contributed by atoms with Crippen LogP contribution in [-0.4, -0.2) is 10.2 Å². The molecule has 2 fully saturated rings. The van der Waals surface area contributed by atoms with Crippen LogP contribution in [0.4, 0.5) is 13.2 Å². The van der Waals surface area contributed by atoms with Gasteiger partial charge in [0.05, 0.1) is 0 Å². The largest absolute Gasteiger partial charge is 0.508 e. The second-order valence-electron chi connectivity index (χ2n) is 13.3. The summed E-state index contributed by atoms with van der Waals surface area (Å²) in [5.41, 5.74) is 3.17. The first-order chi connectivity index (χ1) is 22.6. The van der Waals surface area contributed by atoms with E-state index in [2.05, 4.69) is 13.8 Å². The van der Waals surface area contributed by atoms with Gasteiger partial charge in [-0.2, -0.15) is 0 Å². The molecule has 0 atom stereocenters. The Morgan fingerprint density at radius 3 is 1.43 bits per heavy atom. The number of halogens is 3. The van der Waals surface area contributed by atoms with Crippen molar-refractivity contribution in [3.63, 3.8) is 0 Å². The molecule has 4 aromatic rings. The molecule has 0 aromatic heterocycles. The van der Waals surface area contributed by atoms with Gasteiger partial charge in [0, 0.05) is 17.2 Å². The molecule has 47 heavy (non-hydrogen) atoms. The molecule has 2 saturated carbocycles. The molecule has 0 spiro atoms. The zero-order valence-corrected chi connectivity index (χ0v) is 27.2. The van der Waals surface area contributed by atoms with Gasteiger partial charge in [0.2, 0.25) is 0 Å². The molecule has 0 unspecified atom stereocenters. The van der Waals surface area contributed by atoms with E-state index in [1.54, 1.807) is 42.5 Å². The summed E-state index contributed by atoms with van der Waals surface area (Å²) in [6.45, 7) is 4.78. The summed E-state index contributed by atoms with van der Waals surface area (Å²) in [5, 5.41) is 18.4. The Morgan fingerprint density at radius 2 is 0.979 bits per heavy atom. The first kappa shape index (κ1) is 34.2. The second kappa shape index (κ2) is 16.1. The summed E-state index contributed by atoms with van der Waals surface area (Å²) < 4.78 is 52.9. The van der Waals surface area contributed by atoms with Gasteiger partial charge in [-0.3, -0.25) is 0 Å². The van der Waals surface area contributed by atoms with Crippen LogP contribution in [0.25, 0.3) is 0 Å². The normalized spacial score (nSPS) is 21.0. The maximum atomic E-state index is 14.3.